The van der Waals surface area contributed by atoms with Gasteiger partial charge in [0.05, 0.1) is 31.8 Å². The molecule has 16 heteroatoms. The number of carbonyl (C=O) groups is 3. The maximum absolute atomic E-state index is 11.6. The molecule has 0 saturated carbocycles. The number of amidine groups is 3. The van der Waals surface area contributed by atoms with E-state index in [1.165, 1.54) is 0 Å². The number of hydrogen-bond donors (Lipinski definition) is 0. The number of aliphatic imine (C=N–C) groups is 3. The van der Waals surface area contributed by atoms with E-state index >= 15 is 0 Å². The standard InChI is InChI=1S/3C10H11ClN2OS.Co/c3*1-13(2)10(15)12-9(14)7-5-3-4-6-8(7)11;/h3*3-6H,1-2H3,(H,12,14,15);/q;;;+3/p-3. The molecule has 46 heavy (non-hydrogen) atoms. The summed E-state index contributed by atoms with van der Waals surface area (Å²) in [5, 5.41) is 1.85. The normalized spacial score (nSPS) is 11.0. The molecule has 0 bridgehead atoms. The van der Waals surface area contributed by atoms with Gasteiger partial charge in [-0.1, -0.05) is 71.2 Å². The number of halogens is 3. The van der Waals surface area contributed by atoms with Gasteiger partial charge in [0.2, 0.25) is 0 Å². The molecule has 0 unspecified atom stereocenters. The molecule has 0 radical (unpaired) electrons. The van der Waals surface area contributed by atoms with Gasteiger partial charge >= 0.3 is 16.8 Å². The molecule has 3 rings (SSSR count). The molecule has 3 aromatic carbocycles. The Morgan fingerprint density at radius 1 is 0.478 bits per heavy atom. The summed E-state index contributed by atoms with van der Waals surface area (Å²) in [6, 6.07) is 20.2. The minimum Gasteiger partial charge on any atom is -0.742 e. The van der Waals surface area contributed by atoms with Gasteiger partial charge in [-0.05, 0) is 51.9 Å². The Bertz CT molecular complexity index is 1400. The van der Waals surface area contributed by atoms with Gasteiger partial charge in [0.25, 0.3) is 17.7 Å². The molecule has 0 spiro atoms. The second-order valence-corrected chi connectivity index (χ2v) is 11.5. The average Bonchev–Trinajstić information content (AvgIpc) is 2.98. The maximum atomic E-state index is 11.6. The molecule has 0 N–H and O–H groups in total. The zero-order chi connectivity index (χ0) is 34.3. The minimum atomic E-state index is -0.417. The second kappa shape index (κ2) is 21.8. The van der Waals surface area contributed by atoms with E-state index in [0.717, 1.165) is 0 Å². The molecular weight excluding hydrogens is 754 g/mol. The van der Waals surface area contributed by atoms with Gasteiger partial charge in [-0.15, -0.1) is 0 Å². The smallest absolute Gasteiger partial charge is 0.742 e. The Balaban J connectivity index is 0.000000653. The van der Waals surface area contributed by atoms with Crippen LogP contribution in [0.1, 0.15) is 31.1 Å². The summed E-state index contributed by atoms with van der Waals surface area (Å²) in [6.07, 6.45) is 0. The quantitative estimate of drug-likeness (QED) is 0.185. The average molecular weight is 784 g/mol. The van der Waals surface area contributed by atoms with E-state index < -0.39 is 17.7 Å². The molecule has 9 nitrogen and oxygen atoms in total. The van der Waals surface area contributed by atoms with E-state index in [2.05, 4.69) is 15.0 Å². The summed E-state index contributed by atoms with van der Waals surface area (Å²) in [5.74, 6) is -1.25. The number of benzene rings is 3. The Kier molecular flexibility index (Phi) is 20.5. The van der Waals surface area contributed by atoms with Crippen LogP contribution in [0.15, 0.2) is 87.8 Å². The van der Waals surface area contributed by atoms with E-state index in [9.17, 15) is 14.4 Å². The Morgan fingerprint density at radius 2 is 0.674 bits per heavy atom. The summed E-state index contributed by atoms with van der Waals surface area (Å²) >= 11 is 32.2. The summed E-state index contributed by atoms with van der Waals surface area (Å²) in [7, 11) is 10.4. The molecular formula is C30H30Cl3CoN6O3S3. The summed E-state index contributed by atoms with van der Waals surface area (Å²) in [6.45, 7) is 0. The third kappa shape index (κ3) is 15.1. The first-order valence-corrected chi connectivity index (χ1v) is 15.1. The van der Waals surface area contributed by atoms with Crippen molar-refractivity contribution in [1.82, 2.24) is 14.7 Å². The van der Waals surface area contributed by atoms with Crippen molar-refractivity contribution in [3.8, 4) is 0 Å². The molecule has 246 valence electrons. The molecule has 0 aliphatic rings. The molecule has 3 amide bonds. The summed E-state index contributed by atoms with van der Waals surface area (Å²) in [5.41, 5.74) is 1.09. The number of nitrogens with zero attached hydrogens (tertiary/aromatic N) is 6. The van der Waals surface area contributed by atoms with Crippen molar-refractivity contribution in [3.63, 3.8) is 0 Å². The first kappa shape index (κ1) is 43.1. The van der Waals surface area contributed by atoms with Crippen molar-refractivity contribution in [3.05, 3.63) is 105 Å². The van der Waals surface area contributed by atoms with Crippen LogP contribution in [0.4, 0.5) is 0 Å². The van der Waals surface area contributed by atoms with Crippen molar-refractivity contribution in [1.29, 1.82) is 0 Å². The van der Waals surface area contributed by atoms with Crippen LogP contribution >= 0.6 is 34.8 Å². The zero-order valence-corrected chi connectivity index (χ0v) is 31.3. The van der Waals surface area contributed by atoms with Crippen LogP contribution in [-0.4, -0.2) is 90.2 Å². The summed E-state index contributed by atoms with van der Waals surface area (Å²) in [4.78, 5) is 50.8. The predicted molar refractivity (Wildman–Crippen MR) is 193 cm³/mol. The van der Waals surface area contributed by atoms with Gasteiger partial charge in [-0.3, -0.25) is 14.4 Å². The van der Waals surface area contributed by atoms with Crippen LogP contribution in [0.3, 0.4) is 0 Å². The first-order valence-electron chi connectivity index (χ1n) is 12.7. The minimum absolute atomic E-state index is 0. The number of carbonyl (C=O) groups excluding carboxylic acids is 3. The number of hydrogen-bond acceptors (Lipinski definition) is 6. The van der Waals surface area contributed by atoms with E-state index in [1.54, 1.807) is 130 Å². The molecule has 0 saturated heterocycles. The van der Waals surface area contributed by atoms with Crippen LogP contribution in [0, 0.1) is 0 Å². The molecule has 0 fully saturated rings. The van der Waals surface area contributed by atoms with Gasteiger partial charge < -0.3 is 52.6 Å². The van der Waals surface area contributed by atoms with Crippen LogP contribution < -0.4 is 0 Å². The number of rotatable bonds is 3. The van der Waals surface area contributed by atoms with Crippen LogP contribution in [0.2, 0.25) is 15.1 Å². The van der Waals surface area contributed by atoms with E-state index in [4.69, 9.17) is 72.7 Å². The monoisotopic (exact) mass is 782 g/mol. The molecule has 0 aliphatic carbocycles. The first-order chi connectivity index (χ1) is 21.1. The van der Waals surface area contributed by atoms with Gasteiger partial charge in [-0.25, -0.2) is 15.0 Å². The van der Waals surface area contributed by atoms with Crippen LogP contribution in [0.5, 0.6) is 0 Å². The molecule has 3 aromatic rings. The predicted octanol–water partition coefficient (Wildman–Crippen LogP) is 5.83. The summed E-state index contributed by atoms with van der Waals surface area (Å²) < 4.78 is 0. The van der Waals surface area contributed by atoms with Crippen molar-refractivity contribution in [2.24, 2.45) is 15.0 Å². The third-order valence-electron chi connectivity index (χ3n) is 5.05. The fourth-order valence-electron chi connectivity index (χ4n) is 2.65. The SMILES string of the molecule is CN(C)C([S-])=NC(=O)c1ccccc1Cl.CN(C)C([S-])=NC(=O)c1ccccc1Cl.CN(C)C([S-])=NC(=O)c1ccccc1Cl.[Co+3]. The van der Waals surface area contributed by atoms with Gasteiger partial charge in [0, 0.05) is 42.3 Å². The second-order valence-electron chi connectivity index (χ2n) is 9.22. The van der Waals surface area contributed by atoms with Crippen molar-refractivity contribution >= 4 is 106 Å². The fraction of sp³-hybridized carbons (Fsp3) is 0.200. The molecule has 0 atom stereocenters. The van der Waals surface area contributed by atoms with E-state index in [1.807, 2.05) is 0 Å². The van der Waals surface area contributed by atoms with Crippen LogP contribution in [0.25, 0.3) is 0 Å². The maximum Gasteiger partial charge on any atom is 3.00 e. The molecule has 0 aliphatic heterocycles. The van der Waals surface area contributed by atoms with Gasteiger partial charge in [0.1, 0.15) is 0 Å². The largest absolute Gasteiger partial charge is 3.00 e. The van der Waals surface area contributed by atoms with E-state index in [0.29, 0.717) is 31.8 Å². The number of amides is 3. The topological polar surface area (TPSA) is 98.0 Å². The Morgan fingerprint density at radius 3 is 0.848 bits per heavy atom. The van der Waals surface area contributed by atoms with Crippen LogP contribution in [-0.2, 0) is 54.7 Å². The Hall–Kier alpha value is -2.88. The van der Waals surface area contributed by atoms with Crippen molar-refractivity contribution in [2.75, 3.05) is 42.3 Å². The van der Waals surface area contributed by atoms with Gasteiger partial charge in [0.15, 0.2) is 0 Å². The van der Waals surface area contributed by atoms with E-state index in [-0.39, 0.29) is 32.3 Å². The zero-order valence-electron chi connectivity index (χ0n) is 25.5. The van der Waals surface area contributed by atoms with Crippen molar-refractivity contribution < 1.29 is 31.2 Å². The molecule has 0 heterocycles. The van der Waals surface area contributed by atoms with Gasteiger partial charge in [-0.2, -0.15) is 0 Å². The third-order valence-corrected chi connectivity index (χ3v) is 7.41. The Labute approximate surface area is 311 Å². The fourth-order valence-corrected chi connectivity index (χ4v) is 3.54. The van der Waals surface area contributed by atoms with Crippen molar-refractivity contribution in [2.45, 2.75) is 0 Å². The molecule has 0 aromatic heterocycles.